The van der Waals surface area contributed by atoms with Crippen LogP contribution in [0.4, 0.5) is 5.69 Å². The summed E-state index contributed by atoms with van der Waals surface area (Å²) in [6.07, 6.45) is 5.77. The number of aryl methyl sites for hydroxylation is 2. The highest BCUT2D eigenvalue weighted by atomic mass is 14.6. The second kappa shape index (κ2) is 4.60. The van der Waals surface area contributed by atoms with E-state index in [-0.39, 0.29) is 0 Å². The molecular formula is C13H14N2. The Morgan fingerprint density at radius 3 is 2.33 bits per heavy atom. The standard InChI is InChI=1S/C13H14N2/c14-13-7-5-11(6-8-13)3-4-12-2-1-9-15-10-12/h1-2,5-10H,3-4,14H2. The van der Waals surface area contributed by atoms with Gasteiger partial charge in [-0.05, 0) is 42.2 Å². The molecule has 0 saturated carbocycles. The van der Waals surface area contributed by atoms with Gasteiger partial charge in [-0.25, -0.2) is 0 Å². The summed E-state index contributed by atoms with van der Waals surface area (Å²) in [5.74, 6) is 0. The van der Waals surface area contributed by atoms with Crippen molar-refractivity contribution in [3.63, 3.8) is 0 Å². The van der Waals surface area contributed by atoms with E-state index in [1.165, 1.54) is 11.1 Å². The van der Waals surface area contributed by atoms with Crippen molar-refractivity contribution in [2.24, 2.45) is 0 Å². The Hall–Kier alpha value is -1.83. The van der Waals surface area contributed by atoms with Gasteiger partial charge in [-0.2, -0.15) is 0 Å². The number of nitrogen functional groups attached to an aromatic ring is 1. The van der Waals surface area contributed by atoms with E-state index >= 15 is 0 Å². The molecule has 2 aromatic rings. The Labute approximate surface area is 89.8 Å². The van der Waals surface area contributed by atoms with Crippen LogP contribution in [0.2, 0.25) is 0 Å². The maximum atomic E-state index is 5.62. The molecule has 0 aliphatic heterocycles. The SMILES string of the molecule is Nc1ccc(CCc2cccnc2)cc1. The third-order valence-electron chi connectivity index (χ3n) is 2.40. The van der Waals surface area contributed by atoms with Gasteiger partial charge in [-0.15, -0.1) is 0 Å². The van der Waals surface area contributed by atoms with Gasteiger partial charge in [0.25, 0.3) is 0 Å². The highest BCUT2D eigenvalue weighted by Crippen LogP contribution is 2.09. The maximum absolute atomic E-state index is 5.62. The van der Waals surface area contributed by atoms with Crippen molar-refractivity contribution in [1.29, 1.82) is 0 Å². The summed E-state index contributed by atoms with van der Waals surface area (Å²) in [7, 11) is 0. The summed E-state index contributed by atoms with van der Waals surface area (Å²) >= 11 is 0. The van der Waals surface area contributed by atoms with Crippen LogP contribution in [0.1, 0.15) is 11.1 Å². The number of aromatic nitrogens is 1. The van der Waals surface area contributed by atoms with E-state index in [1.807, 2.05) is 24.4 Å². The van der Waals surface area contributed by atoms with Crippen molar-refractivity contribution >= 4 is 5.69 Å². The molecule has 0 radical (unpaired) electrons. The van der Waals surface area contributed by atoms with E-state index in [0.717, 1.165) is 18.5 Å². The zero-order chi connectivity index (χ0) is 10.5. The summed E-state index contributed by atoms with van der Waals surface area (Å²) < 4.78 is 0. The highest BCUT2D eigenvalue weighted by Gasteiger charge is 1.95. The number of hydrogen-bond acceptors (Lipinski definition) is 2. The first-order valence-corrected chi connectivity index (χ1v) is 5.08. The van der Waals surface area contributed by atoms with Gasteiger partial charge in [0.2, 0.25) is 0 Å². The van der Waals surface area contributed by atoms with E-state index < -0.39 is 0 Å². The molecule has 0 bridgehead atoms. The molecule has 2 nitrogen and oxygen atoms in total. The van der Waals surface area contributed by atoms with Gasteiger partial charge in [0.05, 0.1) is 0 Å². The number of anilines is 1. The van der Waals surface area contributed by atoms with Crippen LogP contribution in [0, 0.1) is 0 Å². The van der Waals surface area contributed by atoms with Crippen LogP contribution < -0.4 is 5.73 Å². The third-order valence-corrected chi connectivity index (χ3v) is 2.40. The molecule has 2 heteroatoms. The van der Waals surface area contributed by atoms with Crippen molar-refractivity contribution in [3.8, 4) is 0 Å². The van der Waals surface area contributed by atoms with Gasteiger partial charge in [-0.3, -0.25) is 4.98 Å². The highest BCUT2D eigenvalue weighted by molar-refractivity contribution is 5.39. The predicted molar refractivity (Wildman–Crippen MR) is 62.5 cm³/mol. The molecule has 76 valence electrons. The van der Waals surface area contributed by atoms with Crippen molar-refractivity contribution < 1.29 is 0 Å². The topological polar surface area (TPSA) is 38.9 Å². The predicted octanol–water partition coefficient (Wildman–Crippen LogP) is 2.45. The van der Waals surface area contributed by atoms with Gasteiger partial charge < -0.3 is 5.73 Å². The molecule has 0 atom stereocenters. The van der Waals surface area contributed by atoms with E-state index in [4.69, 9.17) is 5.73 Å². The van der Waals surface area contributed by atoms with Crippen molar-refractivity contribution in [2.45, 2.75) is 12.8 Å². The molecule has 0 fully saturated rings. The third kappa shape index (κ3) is 2.81. The Balaban J connectivity index is 1.96. The van der Waals surface area contributed by atoms with Crippen molar-refractivity contribution in [2.75, 3.05) is 5.73 Å². The van der Waals surface area contributed by atoms with E-state index in [9.17, 15) is 0 Å². The lowest BCUT2D eigenvalue weighted by atomic mass is 10.1. The van der Waals surface area contributed by atoms with Gasteiger partial charge in [0.1, 0.15) is 0 Å². The normalized spacial score (nSPS) is 10.1. The van der Waals surface area contributed by atoms with Crippen LogP contribution in [0.15, 0.2) is 48.8 Å². The summed E-state index contributed by atoms with van der Waals surface area (Å²) in [5.41, 5.74) is 9.03. The summed E-state index contributed by atoms with van der Waals surface area (Å²) in [6.45, 7) is 0. The van der Waals surface area contributed by atoms with Crippen LogP contribution in [0.5, 0.6) is 0 Å². The summed E-state index contributed by atoms with van der Waals surface area (Å²) in [4.78, 5) is 4.09. The van der Waals surface area contributed by atoms with Crippen LogP contribution in [-0.2, 0) is 12.8 Å². The zero-order valence-electron chi connectivity index (χ0n) is 8.56. The Morgan fingerprint density at radius 1 is 0.933 bits per heavy atom. The molecule has 2 N–H and O–H groups in total. The number of nitrogens with zero attached hydrogens (tertiary/aromatic N) is 1. The van der Waals surface area contributed by atoms with Crippen LogP contribution in [0.3, 0.4) is 0 Å². The zero-order valence-corrected chi connectivity index (χ0v) is 8.56. The molecule has 15 heavy (non-hydrogen) atoms. The van der Waals surface area contributed by atoms with Gasteiger partial charge in [0.15, 0.2) is 0 Å². The minimum Gasteiger partial charge on any atom is -0.399 e. The minimum atomic E-state index is 0.820. The molecule has 1 aromatic carbocycles. The number of nitrogens with two attached hydrogens (primary N) is 1. The average molecular weight is 198 g/mol. The van der Waals surface area contributed by atoms with E-state index in [0.29, 0.717) is 0 Å². The number of hydrogen-bond donors (Lipinski definition) is 1. The monoisotopic (exact) mass is 198 g/mol. The van der Waals surface area contributed by atoms with Gasteiger partial charge in [0, 0.05) is 18.1 Å². The Bertz CT molecular complexity index is 406. The lowest BCUT2D eigenvalue weighted by Crippen LogP contribution is -1.92. The molecule has 0 saturated heterocycles. The smallest absolute Gasteiger partial charge is 0.0314 e. The Kier molecular flexibility index (Phi) is 2.98. The molecule has 0 unspecified atom stereocenters. The first kappa shape index (κ1) is 9.71. The van der Waals surface area contributed by atoms with Gasteiger partial charge in [-0.1, -0.05) is 18.2 Å². The van der Waals surface area contributed by atoms with Gasteiger partial charge >= 0.3 is 0 Å². The molecule has 0 aliphatic carbocycles. The largest absolute Gasteiger partial charge is 0.399 e. The molecular weight excluding hydrogens is 184 g/mol. The molecule has 0 aliphatic rings. The van der Waals surface area contributed by atoms with Crippen molar-refractivity contribution in [3.05, 3.63) is 59.9 Å². The summed E-state index contributed by atoms with van der Waals surface area (Å²) in [5, 5.41) is 0. The number of pyridine rings is 1. The van der Waals surface area contributed by atoms with Crippen LogP contribution in [-0.4, -0.2) is 4.98 Å². The lowest BCUT2D eigenvalue weighted by molar-refractivity contribution is 0.950. The fraction of sp³-hybridized carbons (Fsp3) is 0.154. The van der Waals surface area contributed by atoms with E-state index in [1.54, 1.807) is 6.20 Å². The molecule has 1 heterocycles. The van der Waals surface area contributed by atoms with Crippen LogP contribution in [0.25, 0.3) is 0 Å². The quantitative estimate of drug-likeness (QED) is 0.769. The first-order chi connectivity index (χ1) is 7.34. The second-order valence-electron chi connectivity index (χ2n) is 3.60. The molecule has 0 spiro atoms. The second-order valence-corrected chi connectivity index (χ2v) is 3.60. The van der Waals surface area contributed by atoms with E-state index in [2.05, 4.69) is 23.2 Å². The van der Waals surface area contributed by atoms with Crippen molar-refractivity contribution in [1.82, 2.24) is 4.98 Å². The summed E-state index contributed by atoms with van der Waals surface area (Å²) in [6, 6.07) is 12.1. The lowest BCUT2D eigenvalue weighted by Gasteiger charge is -2.01. The maximum Gasteiger partial charge on any atom is 0.0314 e. The fourth-order valence-electron chi connectivity index (χ4n) is 1.52. The molecule has 2 rings (SSSR count). The fourth-order valence-corrected chi connectivity index (χ4v) is 1.52. The van der Waals surface area contributed by atoms with Crippen LogP contribution >= 0.6 is 0 Å². The number of rotatable bonds is 3. The molecule has 1 aromatic heterocycles. The number of benzene rings is 1. The first-order valence-electron chi connectivity index (χ1n) is 5.08. The minimum absolute atomic E-state index is 0.820. The molecule has 0 amide bonds. The average Bonchev–Trinajstić information content (AvgIpc) is 2.30. The Morgan fingerprint density at radius 2 is 1.67 bits per heavy atom.